The monoisotopic (exact) mass is 312 g/mol. The van der Waals surface area contributed by atoms with Crippen LogP contribution in [-0.4, -0.2) is 34.6 Å². The zero-order valence-electron chi connectivity index (χ0n) is 12.2. The molecule has 0 radical (unpaired) electrons. The van der Waals surface area contributed by atoms with E-state index in [2.05, 4.69) is 30.2 Å². The van der Waals surface area contributed by atoms with Crippen molar-refractivity contribution in [3.8, 4) is 0 Å². The van der Waals surface area contributed by atoms with E-state index in [1.807, 2.05) is 13.8 Å². The minimum atomic E-state index is -3.69. The highest BCUT2D eigenvalue weighted by Gasteiger charge is 2.24. The van der Waals surface area contributed by atoms with Crippen molar-refractivity contribution in [2.75, 3.05) is 0 Å². The van der Waals surface area contributed by atoms with Gasteiger partial charge in [0.25, 0.3) is 10.0 Å². The summed E-state index contributed by atoms with van der Waals surface area (Å²) in [4.78, 5) is 6.93. The maximum Gasteiger partial charge on any atom is 0.258 e. The van der Waals surface area contributed by atoms with Gasteiger partial charge in [0.2, 0.25) is 0 Å². The van der Waals surface area contributed by atoms with Crippen molar-refractivity contribution in [3.63, 3.8) is 0 Å². The first-order valence-electron chi connectivity index (χ1n) is 6.67. The summed E-state index contributed by atoms with van der Waals surface area (Å²) in [5.41, 5.74) is 0.600. The normalized spacial score (nSPS) is 13.7. The molecule has 0 bridgehead atoms. The minimum Gasteiger partial charge on any atom is -0.347 e. The highest BCUT2D eigenvalue weighted by molar-refractivity contribution is 7.89. The van der Waals surface area contributed by atoms with Gasteiger partial charge >= 0.3 is 0 Å². The number of aromatic nitrogens is 4. The van der Waals surface area contributed by atoms with E-state index in [9.17, 15) is 8.42 Å². The van der Waals surface area contributed by atoms with Gasteiger partial charge in [-0.05, 0) is 6.92 Å². The van der Waals surface area contributed by atoms with Crippen LogP contribution in [0.4, 0.5) is 0 Å². The van der Waals surface area contributed by atoms with E-state index in [0.717, 1.165) is 0 Å². The van der Waals surface area contributed by atoms with Crippen molar-refractivity contribution in [1.82, 2.24) is 30.2 Å². The predicted octanol–water partition coefficient (Wildman–Crippen LogP) is 0.670. The van der Waals surface area contributed by atoms with Crippen LogP contribution in [0.2, 0.25) is 0 Å². The molecule has 4 N–H and O–H groups in total. The summed E-state index contributed by atoms with van der Waals surface area (Å²) in [7, 11) is -3.69. The lowest BCUT2D eigenvalue weighted by Gasteiger charge is -2.13. The summed E-state index contributed by atoms with van der Waals surface area (Å²) in [6.07, 6.45) is 4.74. The maximum atomic E-state index is 12.4. The number of aromatic amines is 2. The Kier molecular flexibility index (Phi) is 4.76. The van der Waals surface area contributed by atoms with E-state index >= 15 is 0 Å². The second-order valence-corrected chi connectivity index (χ2v) is 6.73. The molecule has 1 atom stereocenters. The lowest BCUT2D eigenvalue weighted by molar-refractivity contribution is 0.550. The van der Waals surface area contributed by atoms with E-state index in [0.29, 0.717) is 17.9 Å². The molecule has 0 aliphatic carbocycles. The fourth-order valence-corrected chi connectivity index (χ4v) is 3.17. The first-order chi connectivity index (χ1) is 9.90. The highest BCUT2D eigenvalue weighted by atomic mass is 32.2. The minimum absolute atomic E-state index is 0.0778. The fourth-order valence-electron chi connectivity index (χ4n) is 1.83. The molecule has 1 unspecified atom stereocenters. The molecule has 0 aliphatic rings. The van der Waals surface area contributed by atoms with Crippen LogP contribution in [0.15, 0.2) is 23.6 Å². The van der Waals surface area contributed by atoms with Crippen LogP contribution in [0.3, 0.4) is 0 Å². The third-order valence-electron chi connectivity index (χ3n) is 2.91. The van der Waals surface area contributed by atoms with Crippen molar-refractivity contribution in [2.45, 2.75) is 44.4 Å². The molecule has 0 spiro atoms. The molecule has 0 saturated heterocycles. The van der Waals surface area contributed by atoms with Crippen LogP contribution in [0.1, 0.15) is 38.2 Å². The largest absolute Gasteiger partial charge is 0.347 e. The molecule has 0 saturated carbocycles. The maximum absolute atomic E-state index is 12.4. The number of hydrogen-bond donors (Lipinski definition) is 4. The van der Waals surface area contributed by atoms with Gasteiger partial charge in [0.15, 0.2) is 5.03 Å². The molecule has 0 aliphatic heterocycles. The highest BCUT2D eigenvalue weighted by Crippen LogP contribution is 2.16. The van der Waals surface area contributed by atoms with Crippen molar-refractivity contribution < 1.29 is 8.42 Å². The molecular weight excluding hydrogens is 292 g/mol. The summed E-state index contributed by atoms with van der Waals surface area (Å²) in [6.45, 7) is 6.13. The number of hydrogen-bond acceptors (Lipinski definition) is 5. The number of H-pyrrole nitrogens is 2. The Hall–Kier alpha value is -1.71. The SMILES string of the molecule is CC(C)NCc1cn[nH]c1S(=O)(=O)NC(C)c1ncc[nH]1. The zero-order valence-corrected chi connectivity index (χ0v) is 13.0. The second kappa shape index (κ2) is 6.37. The Morgan fingerprint density at radius 1 is 1.33 bits per heavy atom. The van der Waals surface area contributed by atoms with Gasteiger partial charge in [-0.2, -0.15) is 9.82 Å². The molecular formula is C12H20N6O2S. The van der Waals surface area contributed by atoms with Crippen LogP contribution in [0.5, 0.6) is 0 Å². The Balaban J connectivity index is 2.14. The third-order valence-corrected chi connectivity index (χ3v) is 4.46. The van der Waals surface area contributed by atoms with Gasteiger partial charge in [0, 0.05) is 30.5 Å². The Morgan fingerprint density at radius 3 is 2.71 bits per heavy atom. The van der Waals surface area contributed by atoms with Crippen molar-refractivity contribution in [3.05, 3.63) is 30.0 Å². The van der Waals surface area contributed by atoms with Gasteiger partial charge in [-0.15, -0.1) is 0 Å². The Bertz CT molecular complexity index is 662. The van der Waals surface area contributed by atoms with Gasteiger partial charge in [-0.1, -0.05) is 13.8 Å². The summed E-state index contributed by atoms with van der Waals surface area (Å²) in [5.74, 6) is 0.556. The molecule has 0 fully saturated rings. The standard InChI is InChI=1S/C12H20N6O2S/c1-8(2)15-6-10-7-16-17-12(10)21(19,20)18-9(3)11-13-4-5-14-11/h4-5,7-9,15,18H,6H2,1-3H3,(H,13,14)(H,16,17). The molecule has 2 aromatic heterocycles. The molecule has 0 aromatic carbocycles. The van der Waals surface area contributed by atoms with Gasteiger partial charge in [-0.25, -0.2) is 13.4 Å². The summed E-state index contributed by atoms with van der Waals surface area (Å²) in [6, 6.07) is -0.204. The van der Waals surface area contributed by atoms with Gasteiger partial charge in [0.1, 0.15) is 5.82 Å². The van der Waals surface area contributed by atoms with Crippen LogP contribution in [0, 0.1) is 0 Å². The summed E-state index contributed by atoms with van der Waals surface area (Å²) in [5, 5.41) is 9.63. The topological polar surface area (TPSA) is 116 Å². The number of sulfonamides is 1. The quantitative estimate of drug-likeness (QED) is 0.600. The van der Waals surface area contributed by atoms with Gasteiger partial charge in [-0.3, -0.25) is 5.10 Å². The van der Waals surface area contributed by atoms with E-state index in [4.69, 9.17) is 0 Å². The van der Waals surface area contributed by atoms with Gasteiger partial charge in [0.05, 0.1) is 12.2 Å². The van der Waals surface area contributed by atoms with E-state index in [1.165, 1.54) is 6.20 Å². The average Bonchev–Trinajstić information content (AvgIpc) is 3.07. The van der Waals surface area contributed by atoms with Gasteiger partial charge < -0.3 is 10.3 Å². The molecule has 2 rings (SSSR count). The fraction of sp³-hybridized carbons (Fsp3) is 0.500. The number of imidazole rings is 1. The van der Waals surface area contributed by atoms with Crippen molar-refractivity contribution >= 4 is 10.0 Å². The van der Waals surface area contributed by atoms with Crippen LogP contribution in [0.25, 0.3) is 0 Å². The molecule has 2 heterocycles. The van der Waals surface area contributed by atoms with Crippen LogP contribution >= 0.6 is 0 Å². The first kappa shape index (κ1) is 15.7. The Labute approximate surface area is 123 Å². The third kappa shape index (κ3) is 3.90. The van der Waals surface area contributed by atoms with Crippen molar-refractivity contribution in [1.29, 1.82) is 0 Å². The van der Waals surface area contributed by atoms with E-state index < -0.39 is 16.1 Å². The molecule has 9 heteroatoms. The first-order valence-corrected chi connectivity index (χ1v) is 8.15. The molecule has 116 valence electrons. The molecule has 21 heavy (non-hydrogen) atoms. The van der Waals surface area contributed by atoms with Crippen molar-refractivity contribution in [2.24, 2.45) is 0 Å². The lowest BCUT2D eigenvalue weighted by atomic mass is 10.3. The number of nitrogens with one attached hydrogen (secondary N) is 4. The lowest BCUT2D eigenvalue weighted by Crippen LogP contribution is -2.29. The summed E-state index contributed by atoms with van der Waals surface area (Å²) >= 11 is 0. The zero-order chi connectivity index (χ0) is 15.5. The van der Waals surface area contributed by atoms with E-state index in [-0.39, 0.29) is 11.1 Å². The predicted molar refractivity (Wildman–Crippen MR) is 77.9 cm³/mol. The number of rotatable bonds is 7. The Morgan fingerprint density at radius 2 is 2.10 bits per heavy atom. The summed E-state index contributed by atoms with van der Waals surface area (Å²) < 4.78 is 27.4. The molecule has 0 amide bonds. The molecule has 8 nitrogen and oxygen atoms in total. The van der Waals surface area contributed by atoms with Crippen LogP contribution < -0.4 is 10.0 Å². The molecule has 2 aromatic rings. The smallest absolute Gasteiger partial charge is 0.258 e. The second-order valence-electron chi connectivity index (χ2n) is 5.08. The van der Waals surface area contributed by atoms with E-state index in [1.54, 1.807) is 19.3 Å². The number of nitrogens with zero attached hydrogens (tertiary/aromatic N) is 2. The van der Waals surface area contributed by atoms with Crippen LogP contribution in [-0.2, 0) is 16.6 Å². The average molecular weight is 312 g/mol.